The number of aromatic amines is 2. The number of rotatable bonds is 5. The number of amides is 2. The second kappa shape index (κ2) is 8.57. The van der Waals surface area contributed by atoms with Gasteiger partial charge in [-0.25, -0.2) is 4.79 Å². The minimum Gasteiger partial charge on any atom is -0.349 e. The number of nitrogens with one attached hydrogen (secondary N) is 5. The Morgan fingerprint density at radius 2 is 1.97 bits per heavy atom. The maximum absolute atomic E-state index is 13.0. The molecule has 0 spiro atoms. The van der Waals surface area contributed by atoms with Gasteiger partial charge in [0.05, 0.1) is 22.9 Å². The minimum absolute atomic E-state index is 0.104. The molecule has 10 nitrogen and oxygen atoms in total. The summed E-state index contributed by atoms with van der Waals surface area (Å²) >= 11 is 6.08. The SMILES string of the molecule is O=C(Nc1ccc(Cl)cc1-c1noc(=O)[nH]1)c1cc2cccc(NC(=O)C3CCCN3)c2[nH]1. The highest BCUT2D eigenvalue weighted by Crippen LogP contribution is 2.29. The second-order valence-corrected chi connectivity index (χ2v) is 8.12. The van der Waals surface area contributed by atoms with E-state index in [9.17, 15) is 14.4 Å². The summed E-state index contributed by atoms with van der Waals surface area (Å²) in [6.45, 7) is 0.823. The summed E-state index contributed by atoms with van der Waals surface area (Å²) in [6.07, 6.45) is 1.75. The molecule has 0 radical (unpaired) electrons. The van der Waals surface area contributed by atoms with Crippen molar-refractivity contribution < 1.29 is 14.1 Å². The molecule has 0 saturated carbocycles. The lowest BCUT2D eigenvalue weighted by Gasteiger charge is -2.11. The van der Waals surface area contributed by atoms with Crippen LogP contribution in [0.4, 0.5) is 11.4 Å². The predicted octanol–water partition coefficient (Wildman–Crippen LogP) is 3.11. The normalized spacial score (nSPS) is 15.6. The first-order valence-corrected chi connectivity index (χ1v) is 10.7. The predicted molar refractivity (Wildman–Crippen MR) is 123 cm³/mol. The Morgan fingerprint density at radius 1 is 1.09 bits per heavy atom. The van der Waals surface area contributed by atoms with Crippen molar-refractivity contribution in [3.63, 3.8) is 0 Å². The third kappa shape index (κ3) is 4.26. The lowest BCUT2D eigenvalue weighted by Crippen LogP contribution is -2.35. The molecule has 168 valence electrons. The molecule has 4 aromatic rings. The van der Waals surface area contributed by atoms with Gasteiger partial charge in [-0.1, -0.05) is 28.9 Å². The highest BCUT2D eigenvalue weighted by Gasteiger charge is 2.23. The lowest BCUT2D eigenvalue weighted by atomic mass is 10.1. The van der Waals surface area contributed by atoms with E-state index in [0.717, 1.165) is 24.8 Å². The fourth-order valence-electron chi connectivity index (χ4n) is 3.87. The van der Waals surface area contributed by atoms with E-state index in [1.165, 1.54) is 0 Å². The number of aromatic nitrogens is 3. The molecule has 0 aliphatic carbocycles. The molecular formula is C22H19ClN6O4. The zero-order valence-electron chi connectivity index (χ0n) is 17.2. The lowest BCUT2D eigenvalue weighted by molar-refractivity contribution is -0.117. The van der Waals surface area contributed by atoms with Gasteiger partial charge in [0, 0.05) is 16.0 Å². The van der Waals surface area contributed by atoms with Gasteiger partial charge >= 0.3 is 5.76 Å². The zero-order valence-corrected chi connectivity index (χ0v) is 18.0. The number of anilines is 2. The Hall–Kier alpha value is -3.89. The van der Waals surface area contributed by atoms with Gasteiger partial charge in [-0.05, 0) is 49.7 Å². The number of para-hydroxylation sites is 1. The van der Waals surface area contributed by atoms with Crippen LogP contribution in [0.15, 0.2) is 51.8 Å². The average molecular weight is 467 g/mol. The van der Waals surface area contributed by atoms with Crippen LogP contribution in [0.3, 0.4) is 0 Å². The largest absolute Gasteiger partial charge is 0.439 e. The number of carbonyl (C=O) groups is 2. The second-order valence-electron chi connectivity index (χ2n) is 7.68. The Kier molecular flexibility index (Phi) is 5.45. The molecule has 1 aliphatic rings. The van der Waals surface area contributed by atoms with E-state index in [1.807, 2.05) is 12.1 Å². The quantitative estimate of drug-likeness (QED) is 0.305. The van der Waals surface area contributed by atoms with E-state index in [2.05, 4.69) is 35.6 Å². The minimum atomic E-state index is -0.722. The Labute approximate surface area is 191 Å². The van der Waals surface area contributed by atoms with Crippen molar-refractivity contribution in [1.82, 2.24) is 20.4 Å². The van der Waals surface area contributed by atoms with Crippen molar-refractivity contribution in [1.29, 1.82) is 0 Å². The van der Waals surface area contributed by atoms with Crippen LogP contribution in [0.25, 0.3) is 22.3 Å². The fourth-order valence-corrected chi connectivity index (χ4v) is 4.04. The summed E-state index contributed by atoms with van der Waals surface area (Å²) < 4.78 is 4.56. The van der Waals surface area contributed by atoms with E-state index in [4.69, 9.17) is 11.6 Å². The van der Waals surface area contributed by atoms with E-state index >= 15 is 0 Å². The van der Waals surface area contributed by atoms with Crippen molar-refractivity contribution in [2.75, 3.05) is 17.2 Å². The smallest absolute Gasteiger partial charge is 0.349 e. The maximum atomic E-state index is 13.0. The van der Waals surface area contributed by atoms with Crippen LogP contribution in [-0.2, 0) is 4.79 Å². The van der Waals surface area contributed by atoms with E-state index in [-0.39, 0.29) is 17.8 Å². The maximum Gasteiger partial charge on any atom is 0.439 e. The molecular weight excluding hydrogens is 448 g/mol. The van der Waals surface area contributed by atoms with E-state index in [1.54, 1.807) is 30.3 Å². The summed E-state index contributed by atoms with van der Waals surface area (Å²) in [4.78, 5) is 42.4. The van der Waals surface area contributed by atoms with Gasteiger partial charge in [-0.15, -0.1) is 0 Å². The summed E-state index contributed by atoms with van der Waals surface area (Å²) in [5.41, 5.74) is 2.31. The van der Waals surface area contributed by atoms with Gasteiger partial charge < -0.3 is 20.9 Å². The third-order valence-electron chi connectivity index (χ3n) is 5.46. The first-order valence-electron chi connectivity index (χ1n) is 10.3. The van der Waals surface area contributed by atoms with Crippen molar-refractivity contribution in [2.45, 2.75) is 18.9 Å². The number of benzene rings is 2. The molecule has 2 aromatic heterocycles. The van der Waals surface area contributed by atoms with Gasteiger partial charge in [0.1, 0.15) is 5.69 Å². The number of carbonyl (C=O) groups excluding carboxylic acids is 2. The van der Waals surface area contributed by atoms with Crippen LogP contribution >= 0.6 is 11.6 Å². The molecule has 1 saturated heterocycles. The number of H-pyrrole nitrogens is 2. The van der Waals surface area contributed by atoms with Crippen molar-refractivity contribution in [3.8, 4) is 11.4 Å². The van der Waals surface area contributed by atoms with Gasteiger partial charge in [0.25, 0.3) is 5.91 Å². The first kappa shape index (κ1) is 21.0. The van der Waals surface area contributed by atoms with E-state index in [0.29, 0.717) is 33.2 Å². The van der Waals surface area contributed by atoms with Gasteiger partial charge in [-0.3, -0.25) is 19.1 Å². The molecule has 2 amide bonds. The number of fused-ring (bicyclic) bond motifs is 1. The fraction of sp³-hybridized carbons (Fsp3) is 0.182. The van der Waals surface area contributed by atoms with Crippen molar-refractivity contribution in [3.05, 3.63) is 63.7 Å². The highest BCUT2D eigenvalue weighted by atomic mass is 35.5. The topological polar surface area (TPSA) is 145 Å². The van der Waals surface area contributed by atoms with Gasteiger partial charge in [0.15, 0.2) is 5.82 Å². The molecule has 11 heteroatoms. The molecule has 1 fully saturated rings. The number of hydrogen-bond acceptors (Lipinski definition) is 6. The van der Waals surface area contributed by atoms with Crippen LogP contribution in [0, 0.1) is 0 Å². The summed E-state index contributed by atoms with van der Waals surface area (Å²) in [5.74, 6) is -1.11. The Morgan fingerprint density at radius 3 is 2.73 bits per heavy atom. The molecule has 1 atom stereocenters. The summed E-state index contributed by atoms with van der Waals surface area (Å²) in [5, 5.41) is 13.7. The van der Waals surface area contributed by atoms with Crippen LogP contribution in [0.2, 0.25) is 5.02 Å². The number of hydrogen-bond donors (Lipinski definition) is 5. The van der Waals surface area contributed by atoms with Crippen LogP contribution in [0.5, 0.6) is 0 Å². The third-order valence-corrected chi connectivity index (χ3v) is 5.70. The molecule has 5 rings (SSSR count). The van der Waals surface area contributed by atoms with Crippen molar-refractivity contribution >= 4 is 45.7 Å². The standard InChI is InChI=1S/C22H19ClN6O4/c23-12-6-7-14(13(10-12)19-28-22(32)33-29-19)26-21(31)17-9-11-3-1-4-15(18(11)25-17)27-20(30)16-5-2-8-24-16/h1,3-4,6-7,9-10,16,24-25H,2,5,8H2,(H,26,31)(H,27,30)(H,28,29,32). The van der Waals surface area contributed by atoms with Crippen molar-refractivity contribution in [2.24, 2.45) is 0 Å². The van der Waals surface area contributed by atoms with Gasteiger partial charge in [0.2, 0.25) is 5.91 Å². The molecule has 1 unspecified atom stereocenters. The number of nitrogens with zero attached hydrogens (tertiary/aromatic N) is 1. The van der Waals surface area contributed by atoms with Crippen LogP contribution in [0.1, 0.15) is 23.3 Å². The van der Waals surface area contributed by atoms with Gasteiger partial charge in [-0.2, -0.15) is 0 Å². The monoisotopic (exact) mass is 466 g/mol. The summed E-state index contributed by atoms with van der Waals surface area (Å²) in [6, 6.07) is 11.7. The number of halogens is 1. The highest BCUT2D eigenvalue weighted by molar-refractivity contribution is 6.31. The average Bonchev–Trinajstić information content (AvgIpc) is 3.55. The molecule has 3 heterocycles. The Bertz CT molecular complexity index is 1420. The van der Waals surface area contributed by atoms with Crippen LogP contribution < -0.4 is 21.7 Å². The first-order chi connectivity index (χ1) is 16.0. The summed E-state index contributed by atoms with van der Waals surface area (Å²) in [7, 11) is 0. The molecule has 0 bridgehead atoms. The zero-order chi connectivity index (χ0) is 22.9. The van der Waals surface area contributed by atoms with Crippen LogP contribution in [-0.4, -0.2) is 39.5 Å². The van der Waals surface area contributed by atoms with E-state index < -0.39 is 11.7 Å². The molecule has 1 aliphatic heterocycles. The Balaban J connectivity index is 1.42. The molecule has 5 N–H and O–H groups in total. The molecule has 33 heavy (non-hydrogen) atoms. The molecule has 2 aromatic carbocycles.